The lowest BCUT2D eigenvalue weighted by atomic mass is 10.1. The molecule has 4 aromatic rings. The van der Waals surface area contributed by atoms with Crippen LogP contribution in [0, 0.1) is 12.7 Å². The molecular weight excluding hydrogens is 433 g/mol. The van der Waals surface area contributed by atoms with Crippen LogP contribution in [0.4, 0.5) is 10.1 Å². The number of hydrogen-bond donors (Lipinski definition) is 2. The molecule has 1 heterocycles. The molecule has 0 spiro atoms. The van der Waals surface area contributed by atoms with E-state index < -0.39 is 17.3 Å². The zero-order valence-corrected chi connectivity index (χ0v) is 18.4. The van der Waals surface area contributed by atoms with E-state index in [1.807, 2.05) is 31.2 Å². The second kappa shape index (κ2) is 9.95. The first-order valence-corrected chi connectivity index (χ1v) is 10.6. The molecule has 0 aliphatic rings. The number of benzene rings is 3. The molecule has 6 nitrogen and oxygen atoms in total. The number of anilines is 1. The fourth-order valence-electron chi connectivity index (χ4n) is 3.36. The number of nitrogens with one attached hydrogen (secondary N) is 2. The van der Waals surface area contributed by atoms with E-state index in [4.69, 9.17) is 0 Å². The predicted molar refractivity (Wildman–Crippen MR) is 129 cm³/mol. The van der Waals surface area contributed by atoms with Crippen molar-refractivity contribution in [1.82, 2.24) is 9.88 Å². The molecular formula is C27H22FN3O3. The van der Waals surface area contributed by atoms with Crippen LogP contribution in [0.1, 0.15) is 31.8 Å². The average molecular weight is 455 g/mol. The van der Waals surface area contributed by atoms with Crippen molar-refractivity contribution < 1.29 is 14.0 Å². The topological polar surface area (TPSA) is 80.2 Å². The van der Waals surface area contributed by atoms with E-state index in [9.17, 15) is 18.8 Å². The number of rotatable bonds is 6. The maximum Gasteiger partial charge on any atom is 0.267 e. The van der Waals surface area contributed by atoms with Crippen LogP contribution >= 0.6 is 0 Å². The second-order valence-electron chi connectivity index (χ2n) is 7.77. The quantitative estimate of drug-likeness (QED) is 0.450. The number of hydrogen-bond acceptors (Lipinski definition) is 3. The van der Waals surface area contributed by atoms with Gasteiger partial charge in [0.25, 0.3) is 17.4 Å². The van der Waals surface area contributed by atoms with Crippen LogP contribution in [-0.4, -0.2) is 16.4 Å². The highest BCUT2D eigenvalue weighted by Gasteiger charge is 2.13. The lowest BCUT2D eigenvalue weighted by molar-refractivity contribution is 0.0948. The van der Waals surface area contributed by atoms with Crippen LogP contribution in [0.3, 0.4) is 0 Å². The summed E-state index contributed by atoms with van der Waals surface area (Å²) in [6.07, 6.45) is 1.57. The molecule has 0 unspecified atom stereocenters. The van der Waals surface area contributed by atoms with Gasteiger partial charge in [0.15, 0.2) is 0 Å². The molecule has 4 rings (SSSR count). The summed E-state index contributed by atoms with van der Waals surface area (Å²) in [5.74, 6) is -1.25. The molecule has 0 bridgehead atoms. The number of carbonyl (C=O) groups is 2. The second-order valence-corrected chi connectivity index (χ2v) is 7.77. The maximum atomic E-state index is 13.0. The highest BCUT2D eigenvalue weighted by Crippen LogP contribution is 2.14. The zero-order valence-electron chi connectivity index (χ0n) is 18.4. The van der Waals surface area contributed by atoms with Crippen LogP contribution < -0.4 is 16.2 Å². The summed E-state index contributed by atoms with van der Waals surface area (Å²) in [5.41, 5.74) is 3.02. The molecule has 2 N–H and O–H groups in total. The number of pyridine rings is 1. The Morgan fingerprint density at radius 3 is 2.21 bits per heavy atom. The lowest BCUT2D eigenvalue weighted by Gasteiger charge is -2.10. The molecule has 3 aromatic carbocycles. The van der Waals surface area contributed by atoms with Crippen molar-refractivity contribution in [3.63, 3.8) is 0 Å². The zero-order chi connectivity index (χ0) is 24.1. The molecule has 7 heteroatoms. The van der Waals surface area contributed by atoms with E-state index in [1.54, 1.807) is 36.5 Å². The first-order valence-electron chi connectivity index (χ1n) is 10.6. The van der Waals surface area contributed by atoms with E-state index in [1.165, 1.54) is 34.9 Å². The molecule has 2 amide bonds. The Kier molecular flexibility index (Phi) is 6.64. The monoisotopic (exact) mass is 455 g/mol. The first kappa shape index (κ1) is 22.7. The van der Waals surface area contributed by atoms with Gasteiger partial charge in [0.05, 0.1) is 0 Å². The average Bonchev–Trinajstić information content (AvgIpc) is 2.84. The molecule has 0 radical (unpaired) electrons. The summed E-state index contributed by atoms with van der Waals surface area (Å²) in [5, 5.41) is 5.50. The number of aryl methyl sites for hydroxylation is 1. The number of aromatic nitrogens is 1. The maximum absolute atomic E-state index is 13.0. The third-order valence-electron chi connectivity index (χ3n) is 5.28. The predicted octanol–water partition coefficient (Wildman–Crippen LogP) is 4.47. The van der Waals surface area contributed by atoms with Crippen LogP contribution in [0.5, 0.6) is 0 Å². The molecule has 0 saturated carbocycles. The molecule has 1 aromatic heterocycles. The van der Waals surface area contributed by atoms with Gasteiger partial charge in [-0.05, 0) is 73.2 Å². The van der Waals surface area contributed by atoms with Crippen molar-refractivity contribution in [2.75, 3.05) is 5.32 Å². The highest BCUT2D eigenvalue weighted by molar-refractivity contribution is 6.04. The van der Waals surface area contributed by atoms with Gasteiger partial charge >= 0.3 is 0 Å². The van der Waals surface area contributed by atoms with E-state index in [2.05, 4.69) is 10.6 Å². The third kappa shape index (κ3) is 5.27. The standard InChI is InChI=1S/C27H22FN3O3/c1-18-4-6-19(7-5-18)17-29-26(33)24-3-2-16-31(27(24)34)23-14-12-22(13-15-23)30-25(32)20-8-10-21(28)11-9-20/h2-16H,17H2,1H3,(H,29,33)(H,30,32). The SMILES string of the molecule is Cc1ccc(CNC(=O)c2cccn(-c3ccc(NC(=O)c4ccc(F)cc4)cc3)c2=O)cc1. The number of nitrogens with zero attached hydrogens (tertiary/aromatic N) is 1. The molecule has 0 atom stereocenters. The van der Waals surface area contributed by atoms with Gasteiger partial charge in [0, 0.05) is 29.7 Å². The van der Waals surface area contributed by atoms with Crippen LogP contribution in [0.25, 0.3) is 5.69 Å². The summed E-state index contributed by atoms with van der Waals surface area (Å²) in [4.78, 5) is 37.9. The van der Waals surface area contributed by atoms with E-state index in [0.29, 0.717) is 23.5 Å². The number of halogens is 1. The highest BCUT2D eigenvalue weighted by atomic mass is 19.1. The summed E-state index contributed by atoms with van der Waals surface area (Å²) in [6, 6.07) is 22.7. The van der Waals surface area contributed by atoms with E-state index in [0.717, 1.165) is 11.1 Å². The lowest BCUT2D eigenvalue weighted by Crippen LogP contribution is -2.31. The summed E-state index contributed by atoms with van der Waals surface area (Å²) in [7, 11) is 0. The summed E-state index contributed by atoms with van der Waals surface area (Å²) in [6.45, 7) is 2.30. The van der Waals surface area contributed by atoms with Gasteiger partial charge in [-0.2, -0.15) is 0 Å². The van der Waals surface area contributed by atoms with Crippen LogP contribution in [0.2, 0.25) is 0 Å². The molecule has 170 valence electrons. The normalized spacial score (nSPS) is 10.5. The van der Waals surface area contributed by atoms with Crippen molar-refractivity contribution in [2.45, 2.75) is 13.5 Å². The minimum Gasteiger partial charge on any atom is -0.348 e. The minimum atomic E-state index is -0.455. The Morgan fingerprint density at radius 2 is 1.53 bits per heavy atom. The van der Waals surface area contributed by atoms with Crippen molar-refractivity contribution in [3.8, 4) is 5.69 Å². The number of carbonyl (C=O) groups excluding carboxylic acids is 2. The molecule has 0 aliphatic carbocycles. The van der Waals surface area contributed by atoms with Gasteiger partial charge in [0.1, 0.15) is 11.4 Å². The Labute approximate surface area is 195 Å². The van der Waals surface area contributed by atoms with Crippen LogP contribution in [0.15, 0.2) is 95.9 Å². The Bertz CT molecular complexity index is 1380. The van der Waals surface area contributed by atoms with Gasteiger partial charge in [-0.3, -0.25) is 19.0 Å². The molecule has 0 saturated heterocycles. The molecule has 0 fully saturated rings. The Morgan fingerprint density at radius 1 is 0.853 bits per heavy atom. The van der Waals surface area contributed by atoms with Gasteiger partial charge in [0.2, 0.25) is 0 Å². The molecule has 34 heavy (non-hydrogen) atoms. The smallest absolute Gasteiger partial charge is 0.267 e. The van der Waals surface area contributed by atoms with Crippen molar-refractivity contribution in [2.24, 2.45) is 0 Å². The molecule has 0 aliphatic heterocycles. The van der Waals surface area contributed by atoms with Crippen molar-refractivity contribution in [3.05, 3.63) is 130 Å². The first-order chi connectivity index (χ1) is 16.4. The van der Waals surface area contributed by atoms with Gasteiger partial charge < -0.3 is 10.6 Å². The minimum absolute atomic E-state index is 0.0308. The van der Waals surface area contributed by atoms with Crippen molar-refractivity contribution >= 4 is 17.5 Å². The van der Waals surface area contributed by atoms with Crippen molar-refractivity contribution in [1.29, 1.82) is 0 Å². The largest absolute Gasteiger partial charge is 0.348 e. The number of amides is 2. The summed E-state index contributed by atoms with van der Waals surface area (Å²) < 4.78 is 14.4. The Hall–Kier alpha value is -4.52. The van der Waals surface area contributed by atoms with Crippen LogP contribution in [-0.2, 0) is 6.54 Å². The van der Waals surface area contributed by atoms with Gasteiger partial charge in [-0.25, -0.2) is 4.39 Å². The third-order valence-corrected chi connectivity index (χ3v) is 5.28. The van der Waals surface area contributed by atoms with E-state index >= 15 is 0 Å². The van der Waals surface area contributed by atoms with Gasteiger partial charge in [-0.1, -0.05) is 29.8 Å². The fourth-order valence-corrected chi connectivity index (χ4v) is 3.36. The fraction of sp³-hybridized carbons (Fsp3) is 0.0741. The van der Waals surface area contributed by atoms with E-state index in [-0.39, 0.29) is 11.5 Å². The summed E-state index contributed by atoms with van der Waals surface area (Å²) >= 11 is 0. The van der Waals surface area contributed by atoms with Gasteiger partial charge in [-0.15, -0.1) is 0 Å². The Balaban J connectivity index is 1.46.